The van der Waals surface area contributed by atoms with Gasteiger partial charge in [-0.25, -0.2) is 0 Å². The first kappa shape index (κ1) is 33.8. The van der Waals surface area contributed by atoms with Gasteiger partial charge in [-0.1, -0.05) is 140 Å². The fraction of sp³-hybridized carbons (Fsp3) is 0.182. The predicted octanol–water partition coefficient (Wildman–Crippen LogP) is 11.4. The zero-order valence-electron chi connectivity index (χ0n) is 27.5. The third-order valence-electron chi connectivity index (χ3n) is 7.79. The summed E-state index contributed by atoms with van der Waals surface area (Å²) in [5, 5.41) is 4.78. The smallest absolute Gasteiger partial charge is 0.00308 e. The molecule has 1 aliphatic carbocycles. The van der Waals surface area contributed by atoms with Crippen LogP contribution < -0.4 is 10.4 Å². The van der Waals surface area contributed by atoms with E-state index >= 15 is 0 Å². The van der Waals surface area contributed by atoms with E-state index in [1.54, 1.807) is 0 Å². The van der Waals surface area contributed by atoms with Crippen LogP contribution in [0, 0.1) is 0 Å². The monoisotopic (exact) mass is 576 g/mol. The van der Waals surface area contributed by atoms with Gasteiger partial charge in [-0.3, -0.25) is 0 Å². The zero-order valence-corrected chi connectivity index (χ0v) is 27.5. The molecule has 0 amide bonds. The van der Waals surface area contributed by atoms with Crippen molar-refractivity contribution in [1.82, 2.24) is 0 Å². The summed E-state index contributed by atoms with van der Waals surface area (Å²) in [6, 6.07) is 8.97. The van der Waals surface area contributed by atoms with Crippen LogP contribution in [-0.2, 0) is 0 Å². The van der Waals surface area contributed by atoms with Crippen LogP contribution in [0.4, 0.5) is 0 Å². The van der Waals surface area contributed by atoms with Crippen molar-refractivity contribution in [3.05, 3.63) is 178 Å². The topological polar surface area (TPSA) is 0 Å². The van der Waals surface area contributed by atoms with Crippen LogP contribution in [0.3, 0.4) is 0 Å². The first-order valence-corrected chi connectivity index (χ1v) is 15.6. The highest BCUT2D eigenvalue weighted by Gasteiger charge is 2.12. The molecule has 2 aromatic rings. The molecule has 0 radical (unpaired) electrons. The molecule has 0 saturated heterocycles. The molecule has 0 unspecified atom stereocenters. The van der Waals surface area contributed by atoms with E-state index < -0.39 is 0 Å². The molecule has 224 valence electrons. The normalized spacial score (nSPS) is 18.1. The Labute approximate surface area is 266 Å². The van der Waals surface area contributed by atoms with E-state index in [4.69, 9.17) is 0 Å². The summed E-state index contributed by atoms with van der Waals surface area (Å²) in [5.41, 5.74) is 9.69. The van der Waals surface area contributed by atoms with Crippen LogP contribution >= 0.6 is 0 Å². The lowest BCUT2D eigenvalue weighted by molar-refractivity contribution is 0.966. The minimum absolute atomic E-state index is 0.988. The van der Waals surface area contributed by atoms with Crippen molar-refractivity contribution >= 4 is 34.1 Å². The highest BCUT2D eigenvalue weighted by molar-refractivity contribution is 5.99. The Morgan fingerprint density at radius 1 is 0.841 bits per heavy atom. The second kappa shape index (κ2) is 17.4. The molecular weight excluding hydrogens is 528 g/mol. The minimum Gasteiger partial charge on any atom is -0.0990 e. The molecule has 0 bridgehead atoms. The molecule has 1 aliphatic rings. The number of benzene rings is 2. The molecule has 0 heterocycles. The molecule has 3 rings (SSSR count). The summed E-state index contributed by atoms with van der Waals surface area (Å²) < 4.78 is 0. The van der Waals surface area contributed by atoms with Crippen molar-refractivity contribution < 1.29 is 0 Å². The maximum absolute atomic E-state index is 4.42. The molecular formula is C44H48. The van der Waals surface area contributed by atoms with Crippen LogP contribution in [0.25, 0.3) is 34.1 Å². The second-order valence-electron chi connectivity index (χ2n) is 10.9. The molecule has 0 aliphatic heterocycles. The maximum Gasteiger partial charge on any atom is -0.00308 e. The van der Waals surface area contributed by atoms with Crippen molar-refractivity contribution in [2.45, 2.75) is 54.4 Å². The van der Waals surface area contributed by atoms with Crippen LogP contribution in [0.15, 0.2) is 157 Å². The number of rotatable bonds is 10. The Bertz CT molecular complexity index is 1810. The van der Waals surface area contributed by atoms with Crippen LogP contribution in [0.5, 0.6) is 0 Å². The number of allylic oxidation sites excluding steroid dienone is 22. The predicted molar refractivity (Wildman–Crippen MR) is 201 cm³/mol. The van der Waals surface area contributed by atoms with E-state index in [1.807, 2.05) is 37.3 Å². The van der Waals surface area contributed by atoms with E-state index in [0.717, 1.165) is 29.2 Å². The van der Waals surface area contributed by atoms with Gasteiger partial charge in [0, 0.05) is 0 Å². The van der Waals surface area contributed by atoms with Crippen LogP contribution in [0.2, 0.25) is 0 Å². The van der Waals surface area contributed by atoms with Crippen molar-refractivity contribution in [1.29, 1.82) is 0 Å². The molecule has 0 saturated carbocycles. The fourth-order valence-corrected chi connectivity index (χ4v) is 5.45. The lowest BCUT2D eigenvalue weighted by Gasteiger charge is -2.15. The summed E-state index contributed by atoms with van der Waals surface area (Å²) in [6.45, 7) is 21.1. The maximum atomic E-state index is 4.42. The van der Waals surface area contributed by atoms with Crippen molar-refractivity contribution in [3.63, 3.8) is 0 Å². The molecule has 0 heteroatoms. The first-order chi connectivity index (χ1) is 21.4. The lowest BCUT2D eigenvalue weighted by atomic mass is 9.89. The molecule has 0 spiro atoms. The summed E-state index contributed by atoms with van der Waals surface area (Å²) >= 11 is 0. The molecule has 44 heavy (non-hydrogen) atoms. The summed E-state index contributed by atoms with van der Waals surface area (Å²) in [5.74, 6) is 0. The van der Waals surface area contributed by atoms with Gasteiger partial charge in [0.1, 0.15) is 0 Å². The largest absolute Gasteiger partial charge is 0.0990 e. The SMILES string of the molecule is C=C/C=c1/cc2cc(C(=C)\C=C/C(C)=C/C=C3/CCC=C/C3=C\C)ccc2c(C(=C/C)/C(C)=C/C=C\C=C\C=C/C)/c1=C/C. The molecule has 0 nitrogen and oxygen atoms in total. The number of hydrogen-bond acceptors (Lipinski definition) is 0. The Balaban J connectivity index is 2.04. The Kier molecular flexibility index (Phi) is 13.4. The molecule has 2 aromatic carbocycles. The van der Waals surface area contributed by atoms with Crippen molar-refractivity contribution in [2.24, 2.45) is 0 Å². The quantitative estimate of drug-likeness (QED) is 0.247. The van der Waals surface area contributed by atoms with Gasteiger partial charge < -0.3 is 0 Å². The third kappa shape index (κ3) is 8.91. The fourth-order valence-electron chi connectivity index (χ4n) is 5.45. The summed E-state index contributed by atoms with van der Waals surface area (Å²) in [6.07, 6.45) is 40.5. The van der Waals surface area contributed by atoms with E-state index in [0.29, 0.717) is 0 Å². The average Bonchev–Trinajstić information content (AvgIpc) is 3.04. The molecule has 0 fully saturated rings. The third-order valence-corrected chi connectivity index (χ3v) is 7.79. The van der Waals surface area contributed by atoms with E-state index in [2.05, 4.69) is 151 Å². The van der Waals surface area contributed by atoms with Gasteiger partial charge in [0.25, 0.3) is 0 Å². The Morgan fingerprint density at radius 3 is 2.32 bits per heavy atom. The highest BCUT2D eigenvalue weighted by Crippen LogP contribution is 2.29. The summed E-state index contributed by atoms with van der Waals surface area (Å²) in [4.78, 5) is 0. The van der Waals surface area contributed by atoms with Gasteiger partial charge in [-0.05, 0) is 127 Å². The minimum atomic E-state index is 0.988. The van der Waals surface area contributed by atoms with Crippen LogP contribution in [0.1, 0.15) is 65.5 Å². The molecule has 0 atom stereocenters. The van der Waals surface area contributed by atoms with E-state index in [9.17, 15) is 0 Å². The number of hydrogen-bond donors (Lipinski definition) is 0. The van der Waals surface area contributed by atoms with Crippen molar-refractivity contribution in [2.75, 3.05) is 0 Å². The Hall–Kier alpha value is -4.68. The number of fused-ring (bicyclic) bond motifs is 1. The highest BCUT2D eigenvalue weighted by atomic mass is 14.2. The van der Waals surface area contributed by atoms with E-state index in [1.165, 1.54) is 49.4 Å². The van der Waals surface area contributed by atoms with Gasteiger partial charge in [0.15, 0.2) is 0 Å². The van der Waals surface area contributed by atoms with Crippen LogP contribution in [-0.4, -0.2) is 0 Å². The Morgan fingerprint density at radius 2 is 1.61 bits per heavy atom. The lowest BCUT2D eigenvalue weighted by Crippen LogP contribution is -2.28. The van der Waals surface area contributed by atoms with Gasteiger partial charge in [-0.2, -0.15) is 0 Å². The summed E-state index contributed by atoms with van der Waals surface area (Å²) in [7, 11) is 0. The van der Waals surface area contributed by atoms with Gasteiger partial charge >= 0.3 is 0 Å². The molecule has 0 aromatic heterocycles. The zero-order chi connectivity index (χ0) is 31.9. The average molecular weight is 577 g/mol. The van der Waals surface area contributed by atoms with Gasteiger partial charge in [0.05, 0.1) is 0 Å². The molecule has 0 N–H and O–H groups in total. The van der Waals surface area contributed by atoms with Gasteiger partial charge in [0.2, 0.25) is 0 Å². The second-order valence-corrected chi connectivity index (χ2v) is 10.9. The van der Waals surface area contributed by atoms with E-state index in [-0.39, 0.29) is 0 Å². The standard InChI is InChI=1S/C44H48/c1-9-14-15-16-17-18-22-35(8)41(12-4)44-42(13-5)39(21-10-2)32-40-31-38(29-30-43(40)44)34(7)27-25-33(6)26-28-37-24-20-19-23-36(37)11-3/h9-19,21-23,25-32H,2,7,20,24H2,1,3-6,8H3/b14-9-,16-15+,18-17-,27-25-,33-26+,35-22+,36-11+,37-28-,39-21-,41-12+,42-13+. The first-order valence-electron chi connectivity index (χ1n) is 15.6. The van der Waals surface area contributed by atoms with Crippen molar-refractivity contribution in [3.8, 4) is 0 Å². The van der Waals surface area contributed by atoms with Gasteiger partial charge in [-0.15, -0.1) is 0 Å².